The molecular formula is C15H22BrClN2. The number of nitrogens with zero attached hydrogens (tertiary/aromatic N) is 2. The van der Waals surface area contributed by atoms with Crippen molar-refractivity contribution < 1.29 is 0 Å². The van der Waals surface area contributed by atoms with E-state index >= 15 is 0 Å². The van der Waals surface area contributed by atoms with Crippen LogP contribution in [0.15, 0.2) is 22.7 Å². The number of alkyl halides is 1. The van der Waals surface area contributed by atoms with Crippen molar-refractivity contribution in [1.29, 1.82) is 0 Å². The summed E-state index contributed by atoms with van der Waals surface area (Å²) in [5, 5.41) is 0. The predicted molar refractivity (Wildman–Crippen MR) is 87.2 cm³/mol. The van der Waals surface area contributed by atoms with E-state index in [0.717, 1.165) is 30.7 Å². The van der Waals surface area contributed by atoms with Gasteiger partial charge in [0.2, 0.25) is 0 Å². The summed E-state index contributed by atoms with van der Waals surface area (Å²) in [5.74, 6) is 0.564. The lowest BCUT2D eigenvalue weighted by atomic mass is 10.0. The highest BCUT2D eigenvalue weighted by molar-refractivity contribution is 9.10. The van der Waals surface area contributed by atoms with E-state index in [9.17, 15) is 0 Å². The molecule has 1 saturated heterocycles. The Bertz CT molecular complexity index is 434. The SMILES string of the molecule is CC(C)(C)N1CCN(c2ccc(Br)cc2CCl)CC1. The molecule has 0 amide bonds. The minimum Gasteiger partial charge on any atom is -0.369 e. The average molecular weight is 346 g/mol. The molecule has 1 fully saturated rings. The second-order valence-electron chi connectivity index (χ2n) is 6.05. The van der Waals surface area contributed by atoms with Crippen LogP contribution in [0.3, 0.4) is 0 Å². The Hall–Kier alpha value is -0.250. The smallest absolute Gasteiger partial charge is 0.0494 e. The molecule has 0 bridgehead atoms. The maximum absolute atomic E-state index is 6.07. The number of piperazine rings is 1. The van der Waals surface area contributed by atoms with Crippen molar-refractivity contribution in [2.45, 2.75) is 32.2 Å². The molecule has 0 aliphatic carbocycles. The minimum absolute atomic E-state index is 0.265. The van der Waals surface area contributed by atoms with Crippen LogP contribution >= 0.6 is 27.5 Å². The zero-order chi connectivity index (χ0) is 14.0. The fraction of sp³-hybridized carbons (Fsp3) is 0.600. The van der Waals surface area contributed by atoms with E-state index in [1.54, 1.807) is 0 Å². The number of hydrogen-bond acceptors (Lipinski definition) is 2. The van der Waals surface area contributed by atoms with Crippen molar-refractivity contribution in [3.8, 4) is 0 Å². The van der Waals surface area contributed by atoms with Crippen LogP contribution in [0.25, 0.3) is 0 Å². The fourth-order valence-electron chi connectivity index (χ4n) is 2.59. The van der Waals surface area contributed by atoms with Gasteiger partial charge in [-0.1, -0.05) is 15.9 Å². The number of anilines is 1. The topological polar surface area (TPSA) is 6.48 Å². The molecule has 2 rings (SSSR count). The van der Waals surface area contributed by atoms with Gasteiger partial charge in [-0.2, -0.15) is 0 Å². The number of rotatable bonds is 2. The maximum Gasteiger partial charge on any atom is 0.0494 e. The van der Waals surface area contributed by atoms with Crippen LogP contribution < -0.4 is 4.90 Å². The largest absolute Gasteiger partial charge is 0.369 e. The molecule has 4 heteroatoms. The number of benzene rings is 1. The van der Waals surface area contributed by atoms with Gasteiger partial charge in [0.1, 0.15) is 0 Å². The van der Waals surface area contributed by atoms with Crippen LogP contribution in [0, 0.1) is 0 Å². The zero-order valence-electron chi connectivity index (χ0n) is 11.9. The highest BCUT2D eigenvalue weighted by Gasteiger charge is 2.26. The van der Waals surface area contributed by atoms with E-state index in [-0.39, 0.29) is 5.54 Å². The molecule has 0 saturated carbocycles. The molecular weight excluding hydrogens is 324 g/mol. The van der Waals surface area contributed by atoms with Gasteiger partial charge in [0.15, 0.2) is 0 Å². The van der Waals surface area contributed by atoms with Crippen molar-refractivity contribution in [2.24, 2.45) is 0 Å². The van der Waals surface area contributed by atoms with E-state index in [1.807, 2.05) is 0 Å². The van der Waals surface area contributed by atoms with Crippen LogP contribution in [0.1, 0.15) is 26.3 Å². The second-order valence-corrected chi connectivity index (χ2v) is 7.23. The Labute approximate surface area is 129 Å². The predicted octanol–water partition coefficient (Wildman–Crippen LogP) is 4.11. The maximum atomic E-state index is 6.07. The molecule has 1 aromatic carbocycles. The van der Waals surface area contributed by atoms with Crippen molar-refractivity contribution in [3.05, 3.63) is 28.2 Å². The zero-order valence-corrected chi connectivity index (χ0v) is 14.3. The second kappa shape index (κ2) is 6.02. The number of hydrogen-bond donors (Lipinski definition) is 0. The van der Waals surface area contributed by atoms with Crippen molar-refractivity contribution in [3.63, 3.8) is 0 Å². The Kier molecular flexibility index (Phi) is 4.80. The molecule has 0 unspecified atom stereocenters. The molecule has 1 heterocycles. The molecule has 1 aliphatic rings. The molecule has 106 valence electrons. The standard InChI is InChI=1S/C15H22BrClN2/c1-15(2,3)19-8-6-18(7-9-19)14-5-4-13(16)10-12(14)11-17/h4-5,10H,6-9,11H2,1-3H3. The molecule has 0 atom stereocenters. The Morgan fingerprint density at radius 1 is 1.16 bits per heavy atom. The van der Waals surface area contributed by atoms with Gasteiger partial charge in [-0.05, 0) is 44.5 Å². The van der Waals surface area contributed by atoms with E-state index in [2.05, 4.69) is 64.7 Å². The van der Waals surface area contributed by atoms with Gasteiger partial charge in [0.25, 0.3) is 0 Å². The van der Waals surface area contributed by atoms with Crippen LogP contribution in [-0.2, 0) is 5.88 Å². The molecule has 1 aromatic rings. The molecule has 0 radical (unpaired) electrons. The van der Waals surface area contributed by atoms with Gasteiger partial charge < -0.3 is 4.90 Å². The normalized spacial score (nSPS) is 17.8. The first-order chi connectivity index (χ1) is 8.91. The molecule has 19 heavy (non-hydrogen) atoms. The molecule has 0 spiro atoms. The third-order valence-corrected chi connectivity index (χ3v) is 4.54. The van der Waals surface area contributed by atoms with E-state index < -0.39 is 0 Å². The third-order valence-electron chi connectivity index (χ3n) is 3.75. The van der Waals surface area contributed by atoms with Crippen molar-refractivity contribution >= 4 is 33.2 Å². The van der Waals surface area contributed by atoms with E-state index in [0.29, 0.717) is 5.88 Å². The van der Waals surface area contributed by atoms with Gasteiger partial charge in [-0.3, -0.25) is 4.90 Å². The summed E-state index contributed by atoms with van der Waals surface area (Å²) in [4.78, 5) is 5.00. The van der Waals surface area contributed by atoms with Crippen molar-refractivity contribution in [1.82, 2.24) is 4.90 Å². The molecule has 0 N–H and O–H groups in total. The lowest BCUT2D eigenvalue weighted by Crippen LogP contribution is -2.53. The van der Waals surface area contributed by atoms with Crippen molar-refractivity contribution in [2.75, 3.05) is 31.1 Å². The summed E-state index contributed by atoms with van der Waals surface area (Å²) in [7, 11) is 0. The Balaban J connectivity index is 2.10. The average Bonchev–Trinajstić information content (AvgIpc) is 2.37. The molecule has 2 nitrogen and oxygen atoms in total. The summed E-state index contributed by atoms with van der Waals surface area (Å²) in [6, 6.07) is 6.40. The Morgan fingerprint density at radius 3 is 2.32 bits per heavy atom. The summed E-state index contributed by atoms with van der Waals surface area (Å²) in [6.07, 6.45) is 0. The van der Waals surface area contributed by atoms with Crippen LogP contribution in [0.5, 0.6) is 0 Å². The fourth-order valence-corrected chi connectivity index (χ4v) is 3.21. The van der Waals surface area contributed by atoms with Gasteiger partial charge >= 0.3 is 0 Å². The monoisotopic (exact) mass is 344 g/mol. The first-order valence-corrected chi connectivity index (χ1v) is 8.09. The van der Waals surface area contributed by atoms with Crippen LogP contribution in [0.4, 0.5) is 5.69 Å². The third kappa shape index (κ3) is 3.65. The summed E-state index contributed by atoms with van der Waals surface area (Å²) in [5.41, 5.74) is 2.76. The van der Waals surface area contributed by atoms with Crippen LogP contribution in [-0.4, -0.2) is 36.6 Å². The molecule has 1 aliphatic heterocycles. The van der Waals surface area contributed by atoms with Crippen LogP contribution in [0.2, 0.25) is 0 Å². The lowest BCUT2D eigenvalue weighted by molar-refractivity contribution is 0.128. The summed E-state index contributed by atoms with van der Waals surface area (Å²) >= 11 is 9.58. The van der Waals surface area contributed by atoms with E-state index in [1.165, 1.54) is 11.3 Å². The lowest BCUT2D eigenvalue weighted by Gasteiger charge is -2.43. The Morgan fingerprint density at radius 2 is 1.79 bits per heavy atom. The summed E-state index contributed by atoms with van der Waals surface area (Å²) in [6.45, 7) is 11.2. The minimum atomic E-state index is 0.265. The first kappa shape index (κ1) is 15.1. The highest BCUT2D eigenvalue weighted by Crippen LogP contribution is 2.28. The van der Waals surface area contributed by atoms with Gasteiger partial charge in [-0.25, -0.2) is 0 Å². The molecule has 0 aromatic heterocycles. The van der Waals surface area contributed by atoms with Gasteiger partial charge in [0, 0.05) is 47.8 Å². The first-order valence-electron chi connectivity index (χ1n) is 6.76. The number of halogens is 2. The van der Waals surface area contributed by atoms with Gasteiger partial charge in [-0.15, -0.1) is 11.6 Å². The quantitative estimate of drug-likeness (QED) is 0.744. The summed E-state index contributed by atoms with van der Waals surface area (Å²) < 4.78 is 1.10. The van der Waals surface area contributed by atoms with Gasteiger partial charge in [0.05, 0.1) is 0 Å². The van der Waals surface area contributed by atoms with E-state index in [4.69, 9.17) is 11.6 Å². The highest BCUT2D eigenvalue weighted by atomic mass is 79.9.